The molecule has 0 aliphatic rings. The summed E-state index contributed by atoms with van der Waals surface area (Å²) in [7, 11) is 0. The second-order valence-electron chi connectivity index (χ2n) is 3.40. The highest BCUT2D eigenvalue weighted by atomic mass is 35.5. The van der Waals surface area contributed by atoms with Crippen molar-refractivity contribution >= 4 is 29.3 Å². The van der Waals surface area contributed by atoms with Crippen LogP contribution in [0.25, 0.3) is 11.3 Å². The largest absolute Gasteiger partial charge is 0.478 e. The number of carbonyl (C=O) groups is 1. The van der Waals surface area contributed by atoms with Crippen molar-refractivity contribution in [2.45, 2.75) is 5.16 Å². The lowest BCUT2D eigenvalue weighted by molar-refractivity contribution is 0.0696. The quantitative estimate of drug-likeness (QED) is 0.691. The summed E-state index contributed by atoms with van der Waals surface area (Å²) in [4.78, 5) is 19.4. The molecule has 1 aromatic carbocycles. The zero-order valence-corrected chi connectivity index (χ0v) is 11.0. The zero-order valence-electron chi connectivity index (χ0n) is 9.42. The maximum absolute atomic E-state index is 11.2. The van der Waals surface area contributed by atoms with Crippen LogP contribution in [0.4, 0.5) is 0 Å². The minimum atomic E-state index is -1.07. The predicted octanol–water partition coefficient (Wildman–Crippen LogP) is 3.22. The summed E-state index contributed by atoms with van der Waals surface area (Å²) in [5, 5.41) is 10.1. The monoisotopic (exact) mass is 280 g/mol. The Morgan fingerprint density at radius 2 is 2.11 bits per heavy atom. The van der Waals surface area contributed by atoms with Crippen LogP contribution < -0.4 is 0 Å². The second kappa shape index (κ2) is 5.37. The van der Waals surface area contributed by atoms with Gasteiger partial charge in [0.1, 0.15) is 5.56 Å². The third kappa shape index (κ3) is 2.47. The van der Waals surface area contributed by atoms with Gasteiger partial charge in [0.15, 0.2) is 5.16 Å². The van der Waals surface area contributed by atoms with Gasteiger partial charge in [-0.2, -0.15) is 0 Å². The lowest BCUT2D eigenvalue weighted by Gasteiger charge is -2.07. The summed E-state index contributed by atoms with van der Waals surface area (Å²) in [5.41, 5.74) is 0.975. The Balaban J connectivity index is 2.68. The van der Waals surface area contributed by atoms with Gasteiger partial charge < -0.3 is 5.11 Å². The molecule has 0 radical (unpaired) electrons. The molecule has 0 atom stereocenters. The first-order valence-corrected chi connectivity index (χ1v) is 6.63. The molecule has 0 saturated heterocycles. The molecule has 4 nitrogen and oxygen atoms in total. The zero-order chi connectivity index (χ0) is 13.1. The summed E-state index contributed by atoms with van der Waals surface area (Å²) in [5.74, 6) is -1.07. The highest BCUT2D eigenvalue weighted by Crippen LogP contribution is 2.29. The number of hydrogen-bond donors (Lipinski definition) is 1. The summed E-state index contributed by atoms with van der Waals surface area (Å²) < 4.78 is 0. The molecular formula is C12H9ClN2O2S. The predicted molar refractivity (Wildman–Crippen MR) is 71.2 cm³/mol. The van der Waals surface area contributed by atoms with Crippen LogP contribution in [0, 0.1) is 0 Å². The maximum Gasteiger partial charge on any atom is 0.339 e. The summed E-state index contributed by atoms with van der Waals surface area (Å²) in [6.45, 7) is 0. The Hall–Kier alpha value is -1.59. The fraction of sp³-hybridized carbons (Fsp3) is 0.0833. The molecule has 1 heterocycles. The van der Waals surface area contributed by atoms with Crippen LogP contribution in [0.15, 0.2) is 35.6 Å². The van der Waals surface area contributed by atoms with Gasteiger partial charge in [-0.1, -0.05) is 41.6 Å². The van der Waals surface area contributed by atoms with Gasteiger partial charge in [-0.3, -0.25) is 0 Å². The van der Waals surface area contributed by atoms with E-state index >= 15 is 0 Å². The number of carboxylic acid groups (broad SMARTS) is 1. The van der Waals surface area contributed by atoms with Crippen molar-refractivity contribution in [3.63, 3.8) is 0 Å². The first-order valence-electron chi connectivity index (χ1n) is 5.02. The topological polar surface area (TPSA) is 63.1 Å². The number of nitrogens with zero attached hydrogens (tertiary/aromatic N) is 2. The van der Waals surface area contributed by atoms with Crippen molar-refractivity contribution in [1.82, 2.24) is 9.97 Å². The first kappa shape index (κ1) is 12.9. The van der Waals surface area contributed by atoms with Crippen molar-refractivity contribution in [1.29, 1.82) is 0 Å². The number of benzene rings is 1. The van der Waals surface area contributed by atoms with Crippen molar-refractivity contribution < 1.29 is 9.90 Å². The van der Waals surface area contributed by atoms with E-state index in [-0.39, 0.29) is 5.56 Å². The molecule has 2 aromatic rings. The molecule has 0 aliphatic heterocycles. The molecule has 0 saturated carbocycles. The molecule has 0 unspecified atom stereocenters. The maximum atomic E-state index is 11.2. The van der Waals surface area contributed by atoms with Crippen molar-refractivity contribution in [3.05, 3.63) is 41.0 Å². The molecule has 2 rings (SSSR count). The second-order valence-corrected chi connectivity index (χ2v) is 4.58. The first-order chi connectivity index (χ1) is 8.63. The standard InChI is InChI=1S/C12H9ClN2O2S/c1-18-12-14-6-8(11(16)17)10(15-12)7-4-2-3-5-9(7)13/h2-6H,1H3,(H,16,17). The van der Waals surface area contributed by atoms with Crippen LogP contribution in [0.1, 0.15) is 10.4 Å². The number of rotatable bonds is 3. The Bertz CT molecular complexity index is 604. The third-order valence-electron chi connectivity index (χ3n) is 2.31. The average molecular weight is 281 g/mol. The number of aromatic carboxylic acids is 1. The van der Waals surface area contributed by atoms with Crippen LogP contribution in [0.2, 0.25) is 5.02 Å². The highest BCUT2D eigenvalue weighted by Gasteiger charge is 2.16. The fourth-order valence-electron chi connectivity index (χ4n) is 1.48. The Morgan fingerprint density at radius 3 is 2.72 bits per heavy atom. The van der Waals surface area contributed by atoms with E-state index in [1.165, 1.54) is 18.0 Å². The van der Waals surface area contributed by atoms with E-state index in [1.54, 1.807) is 24.3 Å². The van der Waals surface area contributed by atoms with Crippen LogP contribution in [0.5, 0.6) is 0 Å². The third-order valence-corrected chi connectivity index (χ3v) is 3.20. The van der Waals surface area contributed by atoms with E-state index in [0.717, 1.165) is 0 Å². The summed E-state index contributed by atoms with van der Waals surface area (Å²) >= 11 is 7.42. The van der Waals surface area contributed by atoms with Gasteiger partial charge in [0, 0.05) is 16.8 Å². The van der Waals surface area contributed by atoms with Gasteiger partial charge in [0.05, 0.1) is 5.69 Å². The molecule has 0 fully saturated rings. The number of thioether (sulfide) groups is 1. The number of halogens is 1. The number of aromatic nitrogens is 2. The average Bonchev–Trinajstić information content (AvgIpc) is 2.38. The van der Waals surface area contributed by atoms with Gasteiger partial charge >= 0.3 is 5.97 Å². The molecule has 1 aromatic heterocycles. The van der Waals surface area contributed by atoms with E-state index in [4.69, 9.17) is 16.7 Å². The minimum absolute atomic E-state index is 0.0425. The number of hydrogen-bond acceptors (Lipinski definition) is 4. The van der Waals surface area contributed by atoms with E-state index in [0.29, 0.717) is 21.4 Å². The van der Waals surface area contributed by atoms with Crippen LogP contribution in [-0.4, -0.2) is 27.3 Å². The normalized spacial score (nSPS) is 10.3. The van der Waals surface area contributed by atoms with Crippen LogP contribution in [-0.2, 0) is 0 Å². The van der Waals surface area contributed by atoms with Gasteiger partial charge in [-0.05, 0) is 12.3 Å². The number of carboxylic acids is 1. The molecular weight excluding hydrogens is 272 g/mol. The molecule has 0 spiro atoms. The lowest BCUT2D eigenvalue weighted by Crippen LogP contribution is -2.04. The van der Waals surface area contributed by atoms with Gasteiger partial charge in [-0.25, -0.2) is 14.8 Å². The molecule has 0 aliphatic carbocycles. The Labute approximate surface area is 113 Å². The molecule has 18 heavy (non-hydrogen) atoms. The SMILES string of the molecule is CSc1ncc(C(=O)O)c(-c2ccccc2Cl)n1. The molecule has 92 valence electrons. The fourth-order valence-corrected chi connectivity index (χ4v) is 2.04. The van der Waals surface area contributed by atoms with Crippen molar-refractivity contribution in [2.75, 3.05) is 6.26 Å². The molecule has 1 N–H and O–H groups in total. The van der Waals surface area contributed by atoms with Crippen molar-refractivity contribution in [3.8, 4) is 11.3 Å². The van der Waals surface area contributed by atoms with E-state index in [1.807, 2.05) is 6.26 Å². The molecule has 0 bridgehead atoms. The molecule has 0 amide bonds. The van der Waals surface area contributed by atoms with Crippen LogP contribution in [0.3, 0.4) is 0 Å². The van der Waals surface area contributed by atoms with Crippen molar-refractivity contribution in [2.24, 2.45) is 0 Å². The van der Waals surface area contributed by atoms with E-state index in [2.05, 4.69) is 9.97 Å². The smallest absolute Gasteiger partial charge is 0.339 e. The highest BCUT2D eigenvalue weighted by molar-refractivity contribution is 7.98. The van der Waals surface area contributed by atoms with Gasteiger partial charge in [0.2, 0.25) is 0 Å². The Morgan fingerprint density at radius 1 is 1.39 bits per heavy atom. The van der Waals surface area contributed by atoms with Crippen LogP contribution >= 0.6 is 23.4 Å². The Kier molecular flexibility index (Phi) is 3.84. The van der Waals surface area contributed by atoms with E-state index in [9.17, 15) is 4.79 Å². The summed E-state index contributed by atoms with van der Waals surface area (Å²) in [6.07, 6.45) is 3.13. The lowest BCUT2D eigenvalue weighted by atomic mass is 10.1. The van der Waals surface area contributed by atoms with E-state index < -0.39 is 5.97 Å². The van der Waals surface area contributed by atoms with Gasteiger partial charge in [0.25, 0.3) is 0 Å². The minimum Gasteiger partial charge on any atom is -0.478 e. The van der Waals surface area contributed by atoms with Gasteiger partial charge in [-0.15, -0.1) is 0 Å². The molecule has 6 heteroatoms. The summed E-state index contributed by atoms with van der Waals surface area (Å²) in [6, 6.07) is 7.00.